The van der Waals surface area contributed by atoms with Gasteiger partial charge in [-0.2, -0.15) is 0 Å². The maximum atomic E-state index is 2.96. The molecule has 0 bridgehead atoms. The van der Waals surface area contributed by atoms with E-state index in [-0.39, 0.29) is 0 Å². The predicted molar refractivity (Wildman–Crippen MR) is 58.6 cm³/mol. The molecule has 0 aromatic rings. The molecule has 0 spiro atoms. The smallest absolute Gasteiger partial charge is 0.00191 e. The zero-order chi connectivity index (χ0) is 9.19. The first-order valence-corrected chi connectivity index (χ1v) is 5.52. The van der Waals surface area contributed by atoms with Crippen LogP contribution in [-0.4, -0.2) is 30.2 Å². The van der Waals surface area contributed by atoms with Crippen molar-refractivity contribution < 1.29 is 0 Å². The van der Waals surface area contributed by atoms with E-state index in [0.29, 0.717) is 5.16 Å². The Morgan fingerprint density at radius 3 is 2.25 bits per heavy atom. The lowest BCUT2D eigenvalue weighted by Crippen LogP contribution is -2.32. The summed E-state index contributed by atoms with van der Waals surface area (Å²) in [7, 11) is 5.18. The second kappa shape index (κ2) is 4.07. The van der Waals surface area contributed by atoms with Gasteiger partial charge in [0.1, 0.15) is 0 Å². The van der Waals surface area contributed by atoms with E-state index in [1.54, 1.807) is 0 Å². The van der Waals surface area contributed by atoms with Crippen LogP contribution < -0.4 is 0 Å². The highest BCUT2D eigenvalue weighted by Gasteiger charge is 2.22. The van der Waals surface area contributed by atoms with Gasteiger partial charge in [-0.25, -0.2) is 0 Å². The first-order chi connectivity index (χ1) is 5.47. The molecule has 0 radical (unpaired) electrons. The van der Waals surface area contributed by atoms with Gasteiger partial charge < -0.3 is 4.90 Å². The van der Waals surface area contributed by atoms with Crippen LogP contribution in [0.3, 0.4) is 0 Å². The lowest BCUT2D eigenvalue weighted by Gasteiger charge is -2.32. The van der Waals surface area contributed by atoms with Crippen molar-refractivity contribution in [1.82, 2.24) is 4.90 Å². The van der Waals surface area contributed by atoms with Crippen LogP contribution in [0.5, 0.6) is 0 Å². The molecule has 1 fully saturated rings. The lowest BCUT2D eigenvalue weighted by atomic mass is 9.88. The number of hydrogen-bond donors (Lipinski definition) is 0. The number of piperidine rings is 1. The van der Waals surface area contributed by atoms with Crippen molar-refractivity contribution in [1.29, 1.82) is 0 Å². The molecule has 1 saturated heterocycles. The molecule has 1 rings (SSSR count). The predicted octanol–water partition coefficient (Wildman–Crippen LogP) is 2.37. The third-order valence-corrected chi connectivity index (χ3v) is 2.89. The molecular weight excluding hydrogens is 165 g/mol. The van der Waals surface area contributed by atoms with E-state index in [9.17, 15) is 0 Å². The van der Waals surface area contributed by atoms with Crippen molar-refractivity contribution in [3.8, 4) is 0 Å². The van der Waals surface area contributed by atoms with Crippen molar-refractivity contribution >= 4 is 9.24 Å². The van der Waals surface area contributed by atoms with Gasteiger partial charge in [0.05, 0.1) is 0 Å². The monoisotopic (exact) mass is 187 g/mol. The quantitative estimate of drug-likeness (QED) is 0.600. The molecular formula is C10H22NP. The fourth-order valence-electron chi connectivity index (χ4n) is 2.01. The Morgan fingerprint density at radius 1 is 1.33 bits per heavy atom. The average Bonchev–Trinajstić information content (AvgIpc) is 1.91. The second-order valence-corrected chi connectivity index (χ2v) is 6.50. The van der Waals surface area contributed by atoms with Gasteiger partial charge >= 0.3 is 0 Å². The summed E-state index contributed by atoms with van der Waals surface area (Å²) < 4.78 is 0. The Bertz CT molecular complexity index is 131. The minimum atomic E-state index is 0.445. The summed E-state index contributed by atoms with van der Waals surface area (Å²) in [6, 6.07) is 0. The van der Waals surface area contributed by atoms with Crippen LogP contribution in [0.4, 0.5) is 0 Å². The van der Waals surface area contributed by atoms with E-state index in [0.717, 1.165) is 5.92 Å². The van der Waals surface area contributed by atoms with Gasteiger partial charge in [0.25, 0.3) is 0 Å². The van der Waals surface area contributed by atoms with Crippen molar-refractivity contribution in [2.75, 3.05) is 20.1 Å². The first-order valence-electron chi connectivity index (χ1n) is 4.95. The minimum Gasteiger partial charge on any atom is -0.306 e. The molecule has 1 heterocycles. The minimum absolute atomic E-state index is 0.445. The van der Waals surface area contributed by atoms with Gasteiger partial charge in [0.2, 0.25) is 0 Å². The fraction of sp³-hybridized carbons (Fsp3) is 1.00. The van der Waals surface area contributed by atoms with Crippen LogP contribution in [0.2, 0.25) is 0 Å². The molecule has 1 atom stereocenters. The summed E-state index contributed by atoms with van der Waals surface area (Å²) >= 11 is 0. The maximum absolute atomic E-state index is 2.96. The molecule has 0 aromatic heterocycles. The molecule has 0 amide bonds. The van der Waals surface area contributed by atoms with E-state index >= 15 is 0 Å². The van der Waals surface area contributed by atoms with Crippen LogP contribution in [0, 0.1) is 5.92 Å². The fourth-order valence-corrected chi connectivity index (χ4v) is 2.34. The van der Waals surface area contributed by atoms with Gasteiger partial charge in [0.15, 0.2) is 0 Å². The van der Waals surface area contributed by atoms with Crippen molar-refractivity contribution in [2.45, 2.75) is 38.3 Å². The van der Waals surface area contributed by atoms with Crippen LogP contribution >= 0.6 is 9.24 Å². The molecule has 1 unspecified atom stereocenters. The SMILES string of the molecule is CN1CCC(CC(C)(C)P)CC1. The summed E-state index contributed by atoms with van der Waals surface area (Å²) in [6.07, 6.45) is 4.16. The average molecular weight is 187 g/mol. The Hall–Kier alpha value is 0.390. The molecule has 72 valence electrons. The van der Waals surface area contributed by atoms with Crippen LogP contribution in [0.1, 0.15) is 33.1 Å². The molecule has 0 aliphatic carbocycles. The van der Waals surface area contributed by atoms with Crippen molar-refractivity contribution in [2.24, 2.45) is 5.92 Å². The topological polar surface area (TPSA) is 3.24 Å². The highest BCUT2D eigenvalue weighted by Crippen LogP contribution is 2.30. The molecule has 1 aliphatic rings. The van der Waals surface area contributed by atoms with E-state index in [2.05, 4.69) is 35.0 Å². The zero-order valence-electron chi connectivity index (χ0n) is 8.64. The van der Waals surface area contributed by atoms with Crippen LogP contribution in [0.25, 0.3) is 0 Å². The number of rotatable bonds is 2. The molecule has 0 N–H and O–H groups in total. The lowest BCUT2D eigenvalue weighted by molar-refractivity contribution is 0.205. The molecule has 0 saturated carbocycles. The molecule has 2 heteroatoms. The summed E-state index contributed by atoms with van der Waals surface area (Å²) in [5.74, 6) is 0.966. The maximum Gasteiger partial charge on any atom is -0.00191 e. The van der Waals surface area contributed by atoms with Crippen molar-refractivity contribution in [3.63, 3.8) is 0 Å². The summed E-state index contributed by atoms with van der Waals surface area (Å²) in [6.45, 7) is 7.22. The Balaban J connectivity index is 2.26. The van der Waals surface area contributed by atoms with E-state index in [4.69, 9.17) is 0 Å². The van der Waals surface area contributed by atoms with Crippen LogP contribution in [-0.2, 0) is 0 Å². The summed E-state index contributed by atoms with van der Waals surface area (Å²) in [5.41, 5.74) is 0. The number of hydrogen-bond acceptors (Lipinski definition) is 1. The third-order valence-electron chi connectivity index (χ3n) is 2.65. The van der Waals surface area contributed by atoms with E-state index in [1.807, 2.05) is 0 Å². The van der Waals surface area contributed by atoms with Gasteiger partial charge in [-0.05, 0) is 50.5 Å². The van der Waals surface area contributed by atoms with E-state index in [1.165, 1.54) is 32.4 Å². The van der Waals surface area contributed by atoms with E-state index < -0.39 is 0 Å². The normalized spacial score (nSPS) is 23.0. The number of nitrogens with zero attached hydrogens (tertiary/aromatic N) is 1. The second-order valence-electron chi connectivity index (χ2n) is 4.94. The molecule has 12 heavy (non-hydrogen) atoms. The third kappa shape index (κ3) is 3.87. The zero-order valence-corrected chi connectivity index (χ0v) is 9.79. The number of likely N-dealkylation sites (tertiary alicyclic amines) is 1. The molecule has 1 aliphatic heterocycles. The van der Waals surface area contributed by atoms with Crippen LogP contribution in [0.15, 0.2) is 0 Å². The standard InChI is InChI=1S/C10H22NP/c1-10(2,12)8-9-4-6-11(3)7-5-9/h9H,4-8,12H2,1-3H3. The van der Waals surface area contributed by atoms with Gasteiger partial charge in [0, 0.05) is 0 Å². The van der Waals surface area contributed by atoms with Crippen molar-refractivity contribution in [3.05, 3.63) is 0 Å². The largest absolute Gasteiger partial charge is 0.306 e. The highest BCUT2D eigenvalue weighted by atomic mass is 31.0. The summed E-state index contributed by atoms with van der Waals surface area (Å²) in [5, 5.41) is 0.445. The summed E-state index contributed by atoms with van der Waals surface area (Å²) in [4.78, 5) is 2.44. The first kappa shape index (κ1) is 10.5. The van der Waals surface area contributed by atoms with Gasteiger partial charge in [-0.3, -0.25) is 0 Å². The Kier molecular flexibility index (Phi) is 3.55. The molecule has 0 aromatic carbocycles. The Morgan fingerprint density at radius 2 is 1.83 bits per heavy atom. The molecule has 1 nitrogen and oxygen atoms in total. The van der Waals surface area contributed by atoms with Gasteiger partial charge in [-0.1, -0.05) is 13.8 Å². The Labute approximate surface area is 79.1 Å². The van der Waals surface area contributed by atoms with Gasteiger partial charge in [-0.15, -0.1) is 9.24 Å². The highest BCUT2D eigenvalue weighted by molar-refractivity contribution is 7.18.